The molecule has 1 aliphatic rings. The summed E-state index contributed by atoms with van der Waals surface area (Å²) in [5.41, 5.74) is 4.80. The van der Waals surface area contributed by atoms with Gasteiger partial charge in [-0.1, -0.05) is 30.7 Å². The van der Waals surface area contributed by atoms with Gasteiger partial charge >= 0.3 is 0 Å². The Kier molecular flexibility index (Phi) is 5.98. The number of piperidine rings is 1. The van der Waals surface area contributed by atoms with Crippen molar-refractivity contribution in [2.24, 2.45) is 0 Å². The maximum absolute atomic E-state index is 5.23. The van der Waals surface area contributed by atoms with Crippen LogP contribution in [0.5, 0.6) is 5.75 Å². The van der Waals surface area contributed by atoms with Crippen molar-refractivity contribution in [2.45, 2.75) is 38.3 Å². The van der Waals surface area contributed by atoms with Gasteiger partial charge in [0.25, 0.3) is 0 Å². The molecule has 0 unspecified atom stereocenters. The van der Waals surface area contributed by atoms with Crippen LogP contribution in [0.2, 0.25) is 0 Å². The van der Waals surface area contributed by atoms with Gasteiger partial charge in [-0.25, -0.2) is 0 Å². The number of benzene rings is 1. The first kappa shape index (κ1) is 18.6. The van der Waals surface area contributed by atoms with Crippen molar-refractivity contribution in [3.05, 3.63) is 89.5 Å². The standard InChI is InChI=1S/C24H27N3O/c1-28-23-12-8-19(9-13-23)16-21-11-10-20(17-26-21)24-7-3-5-15-27(24)18-22-6-2-4-14-25-22/h2,4,6,8-14,17,24H,3,5,7,15-16,18H2,1H3/t24-/m1/s1. The van der Waals surface area contributed by atoms with Gasteiger partial charge in [0, 0.05) is 37.1 Å². The average molecular weight is 373 g/mol. The molecule has 0 radical (unpaired) electrons. The van der Waals surface area contributed by atoms with Gasteiger partial charge in [-0.15, -0.1) is 0 Å². The van der Waals surface area contributed by atoms with E-state index in [9.17, 15) is 0 Å². The molecule has 0 saturated carbocycles. The third-order valence-electron chi connectivity index (χ3n) is 5.48. The Morgan fingerprint density at radius 1 is 0.964 bits per heavy atom. The Morgan fingerprint density at radius 3 is 2.57 bits per heavy atom. The lowest BCUT2D eigenvalue weighted by Gasteiger charge is -2.35. The number of methoxy groups -OCH3 is 1. The molecule has 4 nitrogen and oxygen atoms in total. The van der Waals surface area contributed by atoms with Crippen molar-refractivity contribution in [1.29, 1.82) is 0 Å². The first-order valence-corrected chi connectivity index (χ1v) is 10.0. The van der Waals surface area contributed by atoms with Crippen LogP contribution in [0, 0.1) is 0 Å². The highest BCUT2D eigenvalue weighted by molar-refractivity contribution is 5.30. The zero-order valence-corrected chi connectivity index (χ0v) is 16.4. The second kappa shape index (κ2) is 8.98. The van der Waals surface area contributed by atoms with Crippen LogP contribution in [0.15, 0.2) is 67.0 Å². The highest BCUT2D eigenvalue weighted by Crippen LogP contribution is 2.31. The van der Waals surface area contributed by atoms with Crippen LogP contribution in [0.4, 0.5) is 0 Å². The smallest absolute Gasteiger partial charge is 0.118 e. The van der Waals surface area contributed by atoms with E-state index >= 15 is 0 Å². The fourth-order valence-corrected chi connectivity index (χ4v) is 3.95. The zero-order valence-electron chi connectivity index (χ0n) is 16.4. The molecule has 1 aromatic carbocycles. The highest BCUT2D eigenvalue weighted by Gasteiger charge is 2.24. The van der Waals surface area contributed by atoms with Crippen molar-refractivity contribution in [3.63, 3.8) is 0 Å². The second-order valence-electron chi connectivity index (χ2n) is 7.41. The van der Waals surface area contributed by atoms with Crippen molar-refractivity contribution in [2.75, 3.05) is 13.7 Å². The van der Waals surface area contributed by atoms with E-state index in [0.29, 0.717) is 6.04 Å². The topological polar surface area (TPSA) is 38.2 Å². The van der Waals surface area contributed by atoms with Crippen LogP contribution < -0.4 is 4.74 Å². The van der Waals surface area contributed by atoms with Crippen LogP contribution >= 0.6 is 0 Å². The van der Waals surface area contributed by atoms with Gasteiger partial charge in [-0.3, -0.25) is 14.9 Å². The lowest BCUT2D eigenvalue weighted by molar-refractivity contribution is 0.138. The van der Waals surface area contributed by atoms with E-state index in [4.69, 9.17) is 9.72 Å². The van der Waals surface area contributed by atoms with Crippen LogP contribution in [0.3, 0.4) is 0 Å². The Bertz CT molecular complexity index is 863. The maximum Gasteiger partial charge on any atom is 0.118 e. The van der Waals surface area contributed by atoms with Crippen LogP contribution in [0.1, 0.15) is 47.8 Å². The summed E-state index contributed by atoms with van der Waals surface area (Å²) in [5, 5.41) is 0. The molecule has 1 atom stereocenters. The van der Waals surface area contributed by atoms with Crippen molar-refractivity contribution in [1.82, 2.24) is 14.9 Å². The molecule has 0 aliphatic carbocycles. The Balaban J connectivity index is 1.45. The second-order valence-corrected chi connectivity index (χ2v) is 7.41. The Morgan fingerprint density at radius 2 is 1.86 bits per heavy atom. The minimum absolute atomic E-state index is 0.429. The Labute approximate surface area is 167 Å². The van der Waals surface area contributed by atoms with Gasteiger partial charge in [0.2, 0.25) is 0 Å². The summed E-state index contributed by atoms with van der Waals surface area (Å²) in [6.45, 7) is 2.02. The summed E-state index contributed by atoms with van der Waals surface area (Å²) in [7, 11) is 1.69. The fraction of sp³-hybridized carbons (Fsp3) is 0.333. The average Bonchev–Trinajstić information content (AvgIpc) is 2.76. The van der Waals surface area contributed by atoms with Crippen LogP contribution in [-0.4, -0.2) is 28.5 Å². The molecule has 0 amide bonds. The van der Waals surface area contributed by atoms with E-state index in [-0.39, 0.29) is 0 Å². The van der Waals surface area contributed by atoms with E-state index < -0.39 is 0 Å². The fourth-order valence-electron chi connectivity index (χ4n) is 3.95. The molecule has 28 heavy (non-hydrogen) atoms. The summed E-state index contributed by atoms with van der Waals surface area (Å²) >= 11 is 0. The predicted molar refractivity (Wildman–Crippen MR) is 111 cm³/mol. The SMILES string of the molecule is COc1ccc(Cc2ccc([C@H]3CCCCN3Cc3ccccn3)cn2)cc1. The number of aromatic nitrogens is 2. The van der Waals surface area contributed by atoms with Crippen LogP contribution in [-0.2, 0) is 13.0 Å². The molecule has 1 fully saturated rings. The number of hydrogen-bond donors (Lipinski definition) is 0. The van der Waals surface area contributed by atoms with E-state index in [1.54, 1.807) is 7.11 Å². The minimum Gasteiger partial charge on any atom is -0.497 e. The van der Waals surface area contributed by atoms with Crippen molar-refractivity contribution < 1.29 is 4.74 Å². The van der Waals surface area contributed by atoms with Crippen molar-refractivity contribution >= 4 is 0 Å². The van der Waals surface area contributed by atoms with Gasteiger partial charge in [0.1, 0.15) is 5.75 Å². The van der Waals surface area contributed by atoms with E-state index in [1.807, 2.05) is 24.4 Å². The van der Waals surface area contributed by atoms with E-state index in [0.717, 1.165) is 36.6 Å². The molecule has 0 spiro atoms. The third-order valence-corrected chi connectivity index (χ3v) is 5.48. The first-order valence-electron chi connectivity index (χ1n) is 10.0. The van der Waals surface area contributed by atoms with Crippen LogP contribution in [0.25, 0.3) is 0 Å². The van der Waals surface area contributed by atoms with E-state index in [1.165, 1.54) is 30.4 Å². The summed E-state index contributed by atoms with van der Waals surface area (Å²) < 4.78 is 5.23. The number of rotatable bonds is 6. The molecule has 1 aliphatic heterocycles. The molecule has 3 aromatic rings. The zero-order chi connectivity index (χ0) is 19.2. The van der Waals surface area contributed by atoms with E-state index in [2.05, 4.69) is 52.5 Å². The number of ether oxygens (including phenoxy) is 1. The molecule has 4 rings (SSSR count). The lowest BCUT2D eigenvalue weighted by atomic mass is 9.95. The first-order chi connectivity index (χ1) is 13.8. The quantitative estimate of drug-likeness (QED) is 0.622. The largest absolute Gasteiger partial charge is 0.497 e. The monoisotopic (exact) mass is 373 g/mol. The lowest BCUT2D eigenvalue weighted by Crippen LogP contribution is -2.33. The van der Waals surface area contributed by atoms with Gasteiger partial charge in [-0.2, -0.15) is 0 Å². The van der Waals surface area contributed by atoms with Gasteiger partial charge < -0.3 is 4.74 Å². The maximum atomic E-state index is 5.23. The predicted octanol–water partition coefficient (Wildman–Crippen LogP) is 4.80. The van der Waals surface area contributed by atoms with Gasteiger partial charge in [0.05, 0.1) is 12.8 Å². The molecule has 3 heterocycles. The molecular formula is C24H27N3O. The summed E-state index contributed by atoms with van der Waals surface area (Å²) in [4.78, 5) is 11.8. The third kappa shape index (κ3) is 4.57. The van der Waals surface area contributed by atoms with Gasteiger partial charge in [-0.05, 0) is 60.8 Å². The molecule has 144 valence electrons. The molecule has 0 N–H and O–H groups in total. The number of nitrogens with zero attached hydrogens (tertiary/aromatic N) is 3. The highest BCUT2D eigenvalue weighted by atomic mass is 16.5. The molecule has 2 aromatic heterocycles. The van der Waals surface area contributed by atoms with Gasteiger partial charge in [0.15, 0.2) is 0 Å². The number of likely N-dealkylation sites (tertiary alicyclic amines) is 1. The molecule has 4 heteroatoms. The molecule has 1 saturated heterocycles. The number of hydrogen-bond acceptors (Lipinski definition) is 4. The molecule has 0 bridgehead atoms. The normalized spacial score (nSPS) is 17.4. The molecular weight excluding hydrogens is 346 g/mol. The number of pyridine rings is 2. The summed E-state index contributed by atoms with van der Waals surface area (Å²) in [6, 6.07) is 19.2. The minimum atomic E-state index is 0.429. The summed E-state index contributed by atoms with van der Waals surface area (Å²) in [6.07, 6.45) is 8.51. The summed E-state index contributed by atoms with van der Waals surface area (Å²) in [5.74, 6) is 0.886. The van der Waals surface area contributed by atoms with Crippen molar-refractivity contribution in [3.8, 4) is 5.75 Å². The Hall–Kier alpha value is -2.72.